The van der Waals surface area contributed by atoms with Gasteiger partial charge in [0.1, 0.15) is 0 Å². The first-order chi connectivity index (χ1) is 9.50. The van der Waals surface area contributed by atoms with E-state index in [1.807, 2.05) is 6.07 Å². The minimum absolute atomic E-state index is 0.0994. The lowest BCUT2D eigenvalue weighted by Crippen LogP contribution is -2.10. The largest absolute Gasteiger partial charge is 0.417 e. The zero-order valence-corrected chi connectivity index (χ0v) is 10.4. The Balaban J connectivity index is 2.52. The van der Waals surface area contributed by atoms with E-state index >= 15 is 0 Å². The zero-order valence-electron chi connectivity index (χ0n) is 10.4. The quantitative estimate of drug-likeness (QED) is 0.730. The molecule has 0 fully saturated rings. The third kappa shape index (κ3) is 3.27. The van der Waals surface area contributed by atoms with Gasteiger partial charge in [0.05, 0.1) is 17.2 Å². The van der Waals surface area contributed by atoms with Crippen molar-refractivity contribution in [3.05, 3.63) is 71.3 Å². The van der Waals surface area contributed by atoms with Crippen LogP contribution in [0.15, 0.2) is 54.6 Å². The van der Waals surface area contributed by atoms with Crippen molar-refractivity contribution < 1.29 is 13.2 Å². The van der Waals surface area contributed by atoms with Gasteiger partial charge in [0.15, 0.2) is 0 Å². The van der Waals surface area contributed by atoms with E-state index in [4.69, 9.17) is 5.26 Å². The molecule has 0 bridgehead atoms. The first-order valence-electron chi connectivity index (χ1n) is 5.85. The van der Waals surface area contributed by atoms with Crippen LogP contribution in [0.5, 0.6) is 0 Å². The molecule has 2 rings (SSSR count). The molecule has 0 aliphatic rings. The molecule has 0 heterocycles. The molecule has 0 radical (unpaired) electrons. The Hall–Kier alpha value is -2.54. The van der Waals surface area contributed by atoms with Crippen molar-refractivity contribution in [2.75, 3.05) is 0 Å². The fourth-order valence-corrected chi connectivity index (χ4v) is 1.81. The molecule has 0 spiro atoms. The number of halogens is 3. The highest BCUT2D eigenvalue weighted by Gasteiger charge is 2.34. The maximum absolute atomic E-state index is 13.1. The highest BCUT2D eigenvalue weighted by molar-refractivity contribution is 5.84. The maximum Gasteiger partial charge on any atom is 0.417 e. The lowest BCUT2D eigenvalue weighted by molar-refractivity contribution is -0.0683. The number of hydrogen-bond donors (Lipinski definition) is 0. The molecule has 0 aliphatic carbocycles. The molecule has 0 N–H and O–H groups in total. The molecule has 0 aromatic heterocycles. The number of allylic oxidation sites excluding steroid dienone is 1. The van der Waals surface area contributed by atoms with Crippen LogP contribution in [0.3, 0.4) is 0 Å². The van der Waals surface area contributed by atoms with Gasteiger partial charge in [-0.3, -0.25) is 0 Å². The number of benzene rings is 2. The minimum atomic E-state index is -4.45. The van der Waals surface area contributed by atoms with Crippen LogP contribution in [-0.4, -0.2) is 6.18 Å². The van der Waals surface area contributed by atoms with Crippen LogP contribution >= 0.6 is 0 Å². The summed E-state index contributed by atoms with van der Waals surface area (Å²) in [5, 5.41) is 8.78. The van der Waals surface area contributed by atoms with Crippen LogP contribution < -0.4 is 0 Å². The zero-order chi connectivity index (χ0) is 14.6. The monoisotopic (exact) mass is 273 g/mol. The molecule has 4 heteroatoms. The number of hydrogen-bond acceptors (Lipinski definition) is 1. The van der Waals surface area contributed by atoms with Gasteiger partial charge in [0.2, 0.25) is 0 Å². The van der Waals surface area contributed by atoms with E-state index in [1.54, 1.807) is 30.3 Å². The summed E-state index contributed by atoms with van der Waals surface area (Å²) in [6, 6.07) is 15.6. The van der Waals surface area contributed by atoms with E-state index in [2.05, 4.69) is 0 Å². The van der Waals surface area contributed by atoms with Gasteiger partial charge in [0.25, 0.3) is 0 Å². The lowest BCUT2D eigenvalue weighted by Gasteiger charge is -2.12. The van der Waals surface area contributed by atoms with Crippen molar-refractivity contribution in [3.63, 3.8) is 0 Å². The second-order valence-corrected chi connectivity index (χ2v) is 4.16. The molecule has 2 aromatic rings. The summed E-state index contributed by atoms with van der Waals surface area (Å²) in [5.74, 6) is 0. The standard InChI is InChI=1S/C16H10F3N/c17-16(18,19)15(14-7-2-1-3-8-14)10-12-5-4-6-13(9-12)11-20/h1-10H/b15-10+. The van der Waals surface area contributed by atoms with Gasteiger partial charge < -0.3 is 0 Å². The Morgan fingerprint density at radius 3 is 2.30 bits per heavy atom. The Bertz CT molecular complexity index is 664. The molecule has 0 saturated carbocycles. The number of alkyl halides is 3. The van der Waals surface area contributed by atoms with E-state index in [0.717, 1.165) is 6.08 Å². The summed E-state index contributed by atoms with van der Waals surface area (Å²) in [7, 11) is 0. The molecule has 0 unspecified atom stereocenters. The van der Waals surface area contributed by atoms with Gasteiger partial charge in [-0.2, -0.15) is 18.4 Å². The number of rotatable bonds is 2. The summed E-state index contributed by atoms with van der Waals surface area (Å²) < 4.78 is 39.4. The second kappa shape index (κ2) is 5.62. The van der Waals surface area contributed by atoms with Crippen LogP contribution in [0.25, 0.3) is 11.6 Å². The lowest BCUT2D eigenvalue weighted by atomic mass is 10.0. The molecule has 0 saturated heterocycles. The fourth-order valence-electron chi connectivity index (χ4n) is 1.81. The highest BCUT2D eigenvalue weighted by atomic mass is 19.4. The van der Waals surface area contributed by atoms with E-state index in [-0.39, 0.29) is 5.56 Å². The first-order valence-corrected chi connectivity index (χ1v) is 5.85. The summed E-state index contributed by atoms with van der Waals surface area (Å²) in [6.45, 7) is 0. The predicted molar refractivity (Wildman–Crippen MR) is 71.5 cm³/mol. The summed E-state index contributed by atoms with van der Waals surface area (Å²) in [6.07, 6.45) is -3.40. The van der Waals surface area contributed by atoms with Gasteiger partial charge >= 0.3 is 6.18 Å². The van der Waals surface area contributed by atoms with Gasteiger partial charge in [0, 0.05) is 0 Å². The van der Waals surface area contributed by atoms with Crippen molar-refractivity contribution >= 4 is 11.6 Å². The normalized spacial score (nSPS) is 12.0. The highest BCUT2D eigenvalue weighted by Crippen LogP contribution is 2.35. The molecule has 100 valence electrons. The van der Waals surface area contributed by atoms with Gasteiger partial charge in [-0.15, -0.1) is 0 Å². The maximum atomic E-state index is 13.1. The van der Waals surface area contributed by atoms with Crippen LogP contribution in [0.4, 0.5) is 13.2 Å². The third-order valence-electron chi connectivity index (χ3n) is 2.72. The summed E-state index contributed by atoms with van der Waals surface area (Å²) >= 11 is 0. The van der Waals surface area contributed by atoms with Crippen molar-refractivity contribution in [2.45, 2.75) is 6.18 Å². The molecule has 2 aromatic carbocycles. The fraction of sp³-hybridized carbons (Fsp3) is 0.0625. The third-order valence-corrected chi connectivity index (χ3v) is 2.72. The Morgan fingerprint density at radius 1 is 1.00 bits per heavy atom. The topological polar surface area (TPSA) is 23.8 Å². The number of nitriles is 1. The van der Waals surface area contributed by atoms with E-state index in [0.29, 0.717) is 11.1 Å². The smallest absolute Gasteiger partial charge is 0.192 e. The van der Waals surface area contributed by atoms with E-state index in [1.165, 1.54) is 24.3 Å². The Kier molecular flexibility index (Phi) is 3.90. The number of nitrogens with zero attached hydrogens (tertiary/aromatic N) is 1. The Morgan fingerprint density at radius 2 is 1.70 bits per heavy atom. The average molecular weight is 273 g/mol. The summed E-state index contributed by atoms with van der Waals surface area (Å²) in [4.78, 5) is 0. The van der Waals surface area contributed by atoms with Crippen LogP contribution in [-0.2, 0) is 0 Å². The van der Waals surface area contributed by atoms with Crippen molar-refractivity contribution in [1.29, 1.82) is 5.26 Å². The molecule has 0 amide bonds. The van der Waals surface area contributed by atoms with E-state index < -0.39 is 11.7 Å². The molecular formula is C16H10F3N. The average Bonchev–Trinajstić information content (AvgIpc) is 2.45. The summed E-state index contributed by atoms with van der Waals surface area (Å²) in [5.41, 5.74) is 0.0455. The molecule has 0 atom stereocenters. The van der Waals surface area contributed by atoms with Gasteiger partial charge in [-0.25, -0.2) is 0 Å². The van der Waals surface area contributed by atoms with Crippen molar-refractivity contribution in [2.24, 2.45) is 0 Å². The molecule has 20 heavy (non-hydrogen) atoms. The molecule has 1 nitrogen and oxygen atoms in total. The van der Waals surface area contributed by atoms with Crippen molar-refractivity contribution in [1.82, 2.24) is 0 Å². The SMILES string of the molecule is N#Cc1cccc(/C=C(\c2ccccc2)C(F)(F)F)c1. The predicted octanol–water partition coefficient (Wildman–Crippen LogP) is 4.66. The van der Waals surface area contributed by atoms with Gasteiger partial charge in [-0.05, 0) is 29.3 Å². The van der Waals surface area contributed by atoms with Crippen LogP contribution in [0.2, 0.25) is 0 Å². The molecule has 0 aliphatic heterocycles. The second-order valence-electron chi connectivity index (χ2n) is 4.16. The van der Waals surface area contributed by atoms with E-state index in [9.17, 15) is 13.2 Å². The first kappa shape index (κ1) is 13.9. The van der Waals surface area contributed by atoms with Crippen LogP contribution in [0.1, 0.15) is 16.7 Å². The van der Waals surface area contributed by atoms with Crippen molar-refractivity contribution in [3.8, 4) is 6.07 Å². The Labute approximate surface area is 114 Å². The van der Waals surface area contributed by atoms with Gasteiger partial charge in [-0.1, -0.05) is 42.5 Å². The molecular weight excluding hydrogens is 263 g/mol. The van der Waals surface area contributed by atoms with Crippen LogP contribution in [0, 0.1) is 11.3 Å². The minimum Gasteiger partial charge on any atom is -0.192 e.